The van der Waals surface area contributed by atoms with Crippen molar-refractivity contribution < 1.29 is 0 Å². The van der Waals surface area contributed by atoms with Gasteiger partial charge in [0.25, 0.3) is 0 Å². The van der Waals surface area contributed by atoms with Gasteiger partial charge < -0.3 is 0 Å². The molecule has 1 aliphatic carbocycles. The molecule has 0 saturated heterocycles. The molecule has 92 valence electrons. The van der Waals surface area contributed by atoms with Gasteiger partial charge in [-0.3, -0.25) is 0 Å². The van der Waals surface area contributed by atoms with Gasteiger partial charge in [-0.2, -0.15) is 0 Å². The Hall–Kier alpha value is -1.21. The minimum Gasteiger partial charge on any atom is -0.115 e. The van der Waals surface area contributed by atoms with Gasteiger partial charge in [-0.1, -0.05) is 61.4 Å². The largest absolute Gasteiger partial charge is 0.115 e. The fourth-order valence-electron chi connectivity index (χ4n) is 2.85. The van der Waals surface area contributed by atoms with Crippen molar-refractivity contribution in [2.75, 3.05) is 0 Å². The molecule has 2 aromatic rings. The fourth-order valence-corrected chi connectivity index (χ4v) is 4.34. The Morgan fingerprint density at radius 3 is 1.89 bits per heavy atom. The number of hydrogen-bond donors (Lipinski definition) is 0. The van der Waals surface area contributed by atoms with Crippen LogP contribution in [-0.4, -0.2) is 0 Å². The van der Waals surface area contributed by atoms with Crippen LogP contribution in [0.2, 0.25) is 0 Å². The summed E-state index contributed by atoms with van der Waals surface area (Å²) in [7, 11) is 0. The molecule has 0 heterocycles. The molecular formula is C17H18S. The third-order valence-electron chi connectivity index (χ3n) is 3.77. The summed E-state index contributed by atoms with van der Waals surface area (Å²) in [6, 6.07) is 21.9. The van der Waals surface area contributed by atoms with Gasteiger partial charge in [0, 0.05) is 9.64 Å². The van der Waals surface area contributed by atoms with E-state index in [-0.39, 0.29) is 0 Å². The van der Waals surface area contributed by atoms with E-state index >= 15 is 0 Å². The summed E-state index contributed by atoms with van der Waals surface area (Å²) in [4.78, 5) is 1.39. The normalized spacial score (nSPS) is 17.8. The van der Waals surface area contributed by atoms with Gasteiger partial charge >= 0.3 is 0 Å². The van der Waals surface area contributed by atoms with Gasteiger partial charge in [0.15, 0.2) is 0 Å². The van der Waals surface area contributed by atoms with Crippen LogP contribution in [-0.2, 0) is 4.75 Å². The first kappa shape index (κ1) is 11.9. The number of benzene rings is 2. The minimum absolute atomic E-state index is 0.308. The summed E-state index contributed by atoms with van der Waals surface area (Å²) in [5.74, 6) is 0. The SMILES string of the molecule is c1ccc(SC2(c3ccccc3)CCCC2)cc1. The van der Waals surface area contributed by atoms with Gasteiger partial charge in [-0.05, 0) is 30.5 Å². The molecule has 0 N–H and O–H groups in total. The molecule has 0 spiro atoms. The van der Waals surface area contributed by atoms with Crippen LogP contribution < -0.4 is 0 Å². The average Bonchev–Trinajstić information content (AvgIpc) is 2.91. The highest BCUT2D eigenvalue weighted by atomic mass is 32.2. The van der Waals surface area contributed by atoms with Gasteiger partial charge in [-0.15, -0.1) is 11.8 Å². The molecule has 18 heavy (non-hydrogen) atoms. The first-order valence-electron chi connectivity index (χ1n) is 6.69. The zero-order valence-electron chi connectivity index (χ0n) is 10.5. The standard InChI is InChI=1S/C17H18S/c1-3-9-15(10-4-1)17(13-7-8-14-17)18-16-11-5-2-6-12-16/h1-6,9-12H,7-8,13-14H2. The first-order valence-corrected chi connectivity index (χ1v) is 7.50. The van der Waals surface area contributed by atoms with Crippen molar-refractivity contribution in [3.8, 4) is 0 Å². The second-order valence-corrected chi connectivity index (χ2v) is 6.44. The molecule has 3 rings (SSSR count). The molecule has 0 bridgehead atoms. The number of rotatable bonds is 3. The lowest BCUT2D eigenvalue weighted by Crippen LogP contribution is -2.16. The van der Waals surface area contributed by atoms with E-state index < -0.39 is 0 Å². The van der Waals surface area contributed by atoms with Crippen LogP contribution in [0.25, 0.3) is 0 Å². The molecule has 0 aromatic heterocycles. The summed E-state index contributed by atoms with van der Waals surface area (Å²) in [5.41, 5.74) is 1.50. The minimum atomic E-state index is 0.308. The van der Waals surface area contributed by atoms with Crippen LogP contribution in [0, 0.1) is 0 Å². The molecular weight excluding hydrogens is 236 g/mol. The molecule has 1 saturated carbocycles. The molecule has 0 radical (unpaired) electrons. The third kappa shape index (κ3) is 2.32. The molecule has 0 unspecified atom stereocenters. The van der Waals surface area contributed by atoms with Gasteiger partial charge in [0.2, 0.25) is 0 Å². The van der Waals surface area contributed by atoms with E-state index in [1.165, 1.54) is 36.1 Å². The summed E-state index contributed by atoms with van der Waals surface area (Å²) < 4.78 is 0.308. The Kier molecular flexibility index (Phi) is 3.42. The van der Waals surface area contributed by atoms with Gasteiger partial charge in [-0.25, -0.2) is 0 Å². The van der Waals surface area contributed by atoms with Crippen LogP contribution in [0.1, 0.15) is 31.2 Å². The second-order valence-electron chi connectivity index (χ2n) is 4.98. The fraction of sp³-hybridized carbons (Fsp3) is 0.294. The topological polar surface area (TPSA) is 0 Å². The second kappa shape index (κ2) is 5.19. The summed E-state index contributed by atoms with van der Waals surface area (Å²) in [6.45, 7) is 0. The Morgan fingerprint density at radius 1 is 0.722 bits per heavy atom. The molecule has 1 heteroatoms. The maximum atomic E-state index is 2.29. The number of hydrogen-bond acceptors (Lipinski definition) is 1. The van der Waals surface area contributed by atoms with E-state index in [1.807, 2.05) is 0 Å². The predicted molar refractivity (Wildman–Crippen MR) is 78.9 cm³/mol. The highest BCUT2D eigenvalue weighted by Crippen LogP contribution is 2.52. The van der Waals surface area contributed by atoms with Crippen LogP contribution >= 0.6 is 11.8 Å². The van der Waals surface area contributed by atoms with Crippen LogP contribution in [0.15, 0.2) is 65.6 Å². The third-order valence-corrected chi connectivity index (χ3v) is 5.31. The van der Waals surface area contributed by atoms with Crippen LogP contribution in [0.5, 0.6) is 0 Å². The monoisotopic (exact) mass is 254 g/mol. The van der Waals surface area contributed by atoms with Crippen molar-refractivity contribution in [2.45, 2.75) is 35.3 Å². The van der Waals surface area contributed by atoms with Crippen LogP contribution in [0.3, 0.4) is 0 Å². The quantitative estimate of drug-likeness (QED) is 0.721. The summed E-state index contributed by atoms with van der Waals surface area (Å²) in [6.07, 6.45) is 5.32. The zero-order valence-corrected chi connectivity index (χ0v) is 11.3. The molecule has 1 fully saturated rings. The van der Waals surface area contributed by atoms with Crippen molar-refractivity contribution in [1.82, 2.24) is 0 Å². The Balaban J connectivity index is 1.93. The molecule has 2 aromatic carbocycles. The van der Waals surface area contributed by atoms with Crippen molar-refractivity contribution in [1.29, 1.82) is 0 Å². The first-order chi connectivity index (χ1) is 8.89. The molecule has 0 atom stereocenters. The summed E-state index contributed by atoms with van der Waals surface area (Å²) >= 11 is 2.05. The van der Waals surface area contributed by atoms with E-state index in [2.05, 4.69) is 72.4 Å². The highest BCUT2D eigenvalue weighted by molar-refractivity contribution is 8.00. The zero-order chi connectivity index (χ0) is 12.3. The van der Waals surface area contributed by atoms with E-state index in [4.69, 9.17) is 0 Å². The van der Waals surface area contributed by atoms with Crippen molar-refractivity contribution in [3.63, 3.8) is 0 Å². The lowest BCUT2D eigenvalue weighted by atomic mass is 9.97. The highest BCUT2D eigenvalue weighted by Gasteiger charge is 2.36. The van der Waals surface area contributed by atoms with E-state index in [1.54, 1.807) is 0 Å². The van der Waals surface area contributed by atoms with E-state index in [0.717, 1.165) is 0 Å². The van der Waals surface area contributed by atoms with Gasteiger partial charge in [0.1, 0.15) is 0 Å². The van der Waals surface area contributed by atoms with Crippen molar-refractivity contribution >= 4 is 11.8 Å². The lowest BCUT2D eigenvalue weighted by molar-refractivity contribution is 0.651. The van der Waals surface area contributed by atoms with Crippen molar-refractivity contribution in [3.05, 3.63) is 66.2 Å². The lowest BCUT2D eigenvalue weighted by Gasteiger charge is -2.29. The Labute approximate surface area is 113 Å². The van der Waals surface area contributed by atoms with E-state index in [9.17, 15) is 0 Å². The Morgan fingerprint density at radius 2 is 1.28 bits per heavy atom. The molecule has 1 aliphatic rings. The smallest absolute Gasteiger partial charge is 0.0455 e. The van der Waals surface area contributed by atoms with Crippen molar-refractivity contribution in [2.24, 2.45) is 0 Å². The average molecular weight is 254 g/mol. The number of thioether (sulfide) groups is 1. The maximum Gasteiger partial charge on any atom is 0.0455 e. The Bertz CT molecular complexity index is 484. The maximum absolute atomic E-state index is 2.29. The predicted octanol–water partition coefficient (Wildman–Crippen LogP) is 5.25. The molecule has 0 amide bonds. The molecule has 0 nitrogen and oxygen atoms in total. The van der Waals surface area contributed by atoms with Gasteiger partial charge in [0.05, 0.1) is 0 Å². The summed E-state index contributed by atoms with van der Waals surface area (Å²) in [5, 5.41) is 0. The van der Waals surface area contributed by atoms with E-state index in [0.29, 0.717) is 4.75 Å². The van der Waals surface area contributed by atoms with Crippen LogP contribution in [0.4, 0.5) is 0 Å². The molecule has 0 aliphatic heterocycles.